The molecule has 1 fully saturated rings. The van der Waals surface area contributed by atoms with Crippen LogP contribution in [-0.4, -0.2) is 53.3 Å². The quantitative estimate of drug-likeness (QED) is 0.431. The average molecular weight is 425 g/mol. The molecule has 1 aromatic carbocycles. The van der Waals surface area contributed by atoms with E-state index in [1.54, 1.807) is 45.0 Å². The van der Waals surface area contributed by atoms with Gasteiger partial charge in [-0.1, -0.05) is 18.2 Å². The van der Waals surface area contributed by atoms with Crippen molar-refractivity contribution in [1.29, 1.82) is 0 Å². The first kappa shape index (κ1) is 20.6. The number of amides is 3. The van der Waals surface area contributed by atoms with Gasteiger partial charge in [0.15, 0.2) is 11.3 Å². The van der Waals surface area contributed by atoms with Crippen molar-refractivity contribution in [2.75, 3.05) is 19.8 Å². The zero-order valence-corrected chi connectivity index (χ0v) is 17.5. The Labute approximate surface area is 178 Å². The summed E-state index contributed by atoms with van der Waals surface area (Å²) in [6.07, 6.45) is 0.272. The number of ether oxygens (including phenoxy) is 2. The number of aromatic amines is 1. The molecule has 31 heavy (non-hydrogen) atoms. The maximum Gasteiger partial charge on any atom is 0.355 e. The van der Waals surface area contributed by atoms with Gasteiger partial charge in [-0.3, -0.25) is 14.5 Å². The molecule has 1 unspecified atom stereocenters. The van der Waals surface area contributed by atoms with Gasteiger partial charge in [0.1, 0.15) is 11.4 Å². The number of carbonyl (C=O) groups is 4. The second kappa shape index (κ2) is 7.57. The zero-order valence-electron chi connectivity index (χ0n) is 17.5. The minimum Gasteiger partial charge on any atom is -0.493 e. The number of hydrogen-bond acceptors (Lipinski definition) is 6. The van der Waals surface area contributed by atoms with Crippen LogP contribution in [0, 0.1) is 13.8 Å². The van der Waals surface area contributed by atoms with Crippen LogP contribution >= 0.6 is 0 Å². The van der Waals surface area contributed by atoms with Crippen molar-refractivity contribution >= 4 is 23.7 Å². The molecular formula is C22H23N3O6. The largest absolute Gasteiger partial charge is 0.493 e. The third-order valence-corrected chi connectivity index (χ3v) is 5.75. The molecule has 1 saturated heterocycles. The lowest BCUT2D eigenvalue weighted by Crippen LogP contribution is -2.47. The Hall–Kier alpha value is -3.62. The second-order valence-electron chi connectivity index (χ2n) is 7.59. The molecule has 0 aliphatic carbocycles. The summed E-state index contributed by atoms with van der Waals surface area (Å²) in [4.78, 5) is 55.1. The molecule has 1 spiro atoms. The fourth-order valence-corrected chi connectivity index (χ4v) is 4.31. The number of nitrogens with zero attached hydrogens (tertiary/aromatic N) is 1. The smallest absolute Gasteiger partial charge is 0.355 e. The molecule has 0 radical (unpaired) electrons. The van der Waals surface area contributed by atoms with Gasteiger partial charge in [0.05, 0.1) is 19.8 Å². The molecular weight excluding hydrogens is 402 g/mol. The Bertz CT molecular complexity index is 1100. The van der Waals surface area contributed by atoms with E-state index in [0.29, 0.717) is 22.6 Å². The molecule has 9 nitrogen and oxygen atoms in total. The lowest BCUT2D eigenvalue weighted by molar-refractivity contribution is -0.132. The molecule has 9 heteroatoms. The number of para-hydroxylation sites is 1. The van der Waals surface area contributed by atoms with E-state index < -0.39 is 35.8 Å². The third-order valence-electron chi connectivity index (χ3n) is 5.75. The number of urea groups is 1. The van der Waals surface area contributed by atoms with E-state index in [0.717, 1.165) is 4.90 Å². The number of hydrogen-bond donors (Lipinski definition) is 2. The number of Topliss-reactive ketones (excluding diaryl/α,β-unsaturated/α-hetero) is 1. The zero-order chi connectivity index (χ0) is 22.3. The Morgan fingerprint density at radius 3 is 2.71 bits per heavy atom. The molecule has 1 atom stereocenters. The standard InChI is InChI=1S/C22H23N3O6/c1-4-30-19(27)18-12(2)17(13(3)23-18)15(26)11-25-20(28)22(24-21(25)29)9-10-31-16-8-6-5-7-14(16)22/h5-8,23H,4,9-11H2,1-3H3,(H,24,29). The third kappa shape index (κ3) is 3.17. The average Bonchev–Trinajstić information content (AvgIpc) is 3.17. The highest BCUT2D eigenvalue weighted by molar-refractivity contribution is 6.12. The molecule has 2 aliphatic rings. The Balaban J connectivity index is 1.62. The van der Waals surface area contributed by atoms with E-state index in [1.165, 1.54) is 0 Å². The first-order valence-corrected chi connectivity index (χ1v) is 10.1. The van der Waals surface area contributed by atoms with E-state index in [9.17, 15) is 19.2 Å². The van der Waals surface area contributed by atoms with E-state index in [-0.39, 0.29) is 30.9 Å². The van der Waals surface area contributed by atoms with Crippen molar-refractivity contribution in [2.45, 2.75) is 32.7 Å². The summed E-state index contributed by atoms with van der Waals surface area (Å²) >= 11 is 0. The first-order chi connectivity index (χ1) is 14.8. The lowest BCUT2D eigenvalue weighted by atomic mass is 9.84. The Kier molecular flexibility index (Phi) is 5.04. The summed E-state index contributed by atoms with van der Waals surface area (Å²) in [7, 11) is 0. The minimum atomic E-state index is -1.25. The highest BCUT2D eigenvalue weighted by atomic mass is 16.5. The summed E-state index contributed by atoms with van der Waals surface area (Å²) in [6, 6.07) is 6.41. The van der Waals surface area contributed by atoms with Gasteiger partial charge in [-0.2, -0.15) is 0 Å². The molecule has 0 bridgehead atoms. The van der Waals surface area contributed by atoms with Crippen LogP contribution in [-0.2, 0) is 15.1 Å². The number of rotatable bonds is 5. The highest BCUT2D eigenvalue weighted by Crippen LogP contribution is 2.41. The van der Waals surface area contributed by atoms with Gasteiger partial charge in [0.25, 0.3) is 5.91 Å². The molecule has 2 N–H and O–H groups in total. The molecule has 4 rings (SSSR count). The number of nitrogens with one attached hydrogen (secondary N) is 2. The fraction of sp³-hybridized carbons (Fsp3) is 0.364. The first-order valence-electron chi connectivity index (χ1n) is 10.1. The van der Waals surface area contributed by atoms with Gasteiger partial charge in [0, 0.05) is 23.2 Å². The van der Waals surface area contributed by atoms with E-state index >= 15 is 0 Å². The van der Waals surface area contributed by atoms with Crippen molar-refractivity contribution in [3.05, 3.63) is 52.3 Å². The molecule has 3 heterocycles. The van der Waals surface area contributed by atoms with Gasteiger partial charge in [0.2, 0.25) is 0 Å². The molecule has 2 aliphatic heterocycles. The van der Waals surface area contributed by atoms with Crippen LogP contribution < -0.4 is 10.1 Å². The number of aromatic nitrogens is 1. The van der Waals surface area contributed by atoms with Gasteiger partial charge in [-0.05, 0) is 32.4 Å². The summed E-state index contributed by atoms with van der Waals surface area (Å²) in [5.74, 6) is -0.956. The summed E-state index contributed by atoms with van der Waals surface area (Å²) < 4.78 is 10.6. The van der Waals surface area contributed by atoms with E-state index in [1.807, 2.05) is 0 Å². The molecule has 162 valence electrons. The van der Waals surface area contributed by atoms with Crippen LogP contribution in [0.5, 0.6) is 5.75 Å². The van der Waals surface area contributed by atoms with Crippen molar-refractivity contribution in [2.24, 2.45) is 0 Å². The normalized spacial score (nSPS) is 19.8. The van der Waals surface area contributed by atoms with E-state index in [4.69, 9.17) is 9.47 Å². The lowest BCUT2D eigenvalue weighted by Gasteiger charge is -2.33. The van der Waals surface area contributed by atoms with Crippen molar-refractivity contribution in [1.82, 2.24) is 15.2 Å². The van der Waals surface area contributed by atoms with Gasteiger partial charge in [-0.15, -0.1) is 0 Å². The van der Waals surface area contributed by atoms with Crippen LogP contribution in [0.3, 0.4) is 0 Å². The number of benzene rings is 1. The number of ketones is 1. The van der Waals surface area contributed by atoms with E-state index in [2.05, 4.69) is 10.3 Å². The van der Waals surface area contributed by atoms with Crippen LogP contribution in [0.25, 0.3) is 0 Å². The SMILES string of the molecule is CCOC(=O)c1[nH]c(C)c(C(=O)CN2C(=O)NC3(CCOc4ccccc43)C2=O)c1C. The highest BCUT2D eigenvalue weighted by Gasteiger charge is 2.55. The monoisotopic (exact) mass is 425 g/mol. The number of aryl methyl sites for hydroxylation is 1. The number of carbonyl (C=O) groups excluding carboxylic acids is 4. The Morgan fingerprint density at radius 1 is 1.23 bits per heavy atom. The van der Waals surface area contributed by atoms with Crippen LogP contribution in [0.2, 0.25) is 0 Å². The summed E-state index contributed by atoms with van der Waals surface area (Å²) in [5, 5.41) is 2.77. The Morgan fingerprint density at radius 2 is 1.97 bits per heavy atom. The maximum absolute atomic E-state index is 13.3. The number of imide groups is 1. The molecule has 2 aromatic rings. The predicted molar refractivity (Wildman–Crippen MR) is 109 cm³/mol. The van der Waals surface area contributed by atoms with Gasteiger partial charge < -0.3 is 19.8 Å². The fourth-order valence-electron chi connectivity index (χ4n) is 4.31. The number of esters is 1. The molecule has 3 amide bonds. The molecule has 1 aromatic heterocycles. The van der Waals surface area contributed by atoms with Crippen molar-refractivity contribution < 1.29 is 28.7 Å². The van der Waals surface area contributed by atoms with Gasteiger partial charge in [-0.25, -0.2) is 9.59 Å². The van der Waals surface area contributed by atoms with Crippen molar-refractivity contribution in [3.63, 3.8) is 0 Å². The number of fused-ring (bicyclic) bond motifs is 2. The van der Waals surface area contributed by atoms with Crippen LogP contribution in [0.15, 0.2) is 24.3 Å². The van der Waals surface area contributed by atoms with Gasteiger partial charge >= 0.3 is 12.0 Å². The minimum absolute atomic E-state index is 0.190. The second-order valence-corrected chi connectivity index (χ2v) is 7.59. The predicted octanol–water partition coefficient (Wildman–Crippen LogP) is 2.22. The maximum atomic E-state index is 13.3. The van der Waals surface area contributed by atoms with Crippen molar-refractivity contribution in [3.8, 4) is 5.75 Å². The van der Waals surface area contributed by atoms with Crippen LogP contribution in [0.1, 0.15) is 51.0 Å². The number of H-pyrrole nitrogens is 1. The summed E-state index contributed by atoms with van der Waals surface area (Å²) in [5.41, 5.74) is 0.701. The topological polar surface area (TPSA) is 118 Å². The molecule has 0 saturated carbocycles. The summed E-state index contributed by atoms with van der Waals surface area (Å²) in [6.45, 7) is 5.02. The van der Waals surface area contributed by atoms with Crippen LogP contribution in [0.4, 0.5) is 4.79 Å².